The molecule has 0 bridgehead atoms. The Hall–Kier alpha value is -0.0100. The van der Waals surface area contributed by atoms with E-state index >= 15 is 0 Å². The van der Waals surface area contributed by atoms with Crippen LogP contribution < -0.4 is 4.89 Å². The second kappa shape index (κ2) is 30.6. The van der Waals surface area contributed by atoms with Crippen LogP contribution >= 0.6 is 7.82 Å². The Bertz CT molecular complexity index is 616. The van der Waals surface area contributed by atoms with Crippen LogP contribution in [-0.2, 0) is 23.1 Å². The third-order valence-electron chi connectivity index (χ3n) is 8.14. The van der Waals surface area contributed by atoms with Crippen molar-refractivity contribution in [3.8, 4) is 0 Å². The molecule has 0 spiro atoms. The summed E-state index contributed by atoms with van der Waals surface area (Å²) in [6, 6.07) is 0. The van der Waals surface area contributed by atoms with Crippen LogP contribution in [-0.4, -0.2) is 65.4 Å². The fraction of sp³-hybridized carbons (Fsp3) is 1.00. The summed E-state index contributed by atoms with van der Waals surface area (Å²) in [7, 11) is 4.02. The molecule has 0 fully saturated rings. The highest BCUT2D eigenvalue weighted by molar-refractivity contribution is 7.45. The number of methoxy groups -OCH3 is 1. The van der Waals surface area contributed by atoms with Gasteiger partial charge in [0.2, 0.25) is 0 Å². The van der Waals surface area contributed by atoms with E-state index in [2.05, 4.69) is 28.1 Å². The third-order valence-corrected chi connectivity index (χ3v) is 9.14. The molecule has 2 unspecified atom stereocenters. The first-order valence-electron chi connectivity index (χ1n) is 18.2. The molecule has 0 saturated carbocycles. The number of ether oxygens (including phenoxy) is 2. The number of quaternary nitrogens is 1. The lowest BCUT2D eigenvalue weighted by atomic mass is 10.0. The lowest BCUT2D eigenvalue weighted by Crippen LogP contribution is -2.35. The van der Waals surface area contributed by atoms with Crippen LogP contribution in [0.3, 0.4) is 0 Å². The van der Waals surface area contributed by atoms with Gasteiger partial charge in [0.15, 0.2) is 6.29 Å². The van der Waals surface area contributed by atoms with E-state index in [9.17, 15) is 9.46 Å². The van der Waals surface area contributed by atoms with Crippen LogP contribution in [0.15, 0.2) is 0 Å². The van der Waals surface area contributed by atoms with Crippen LogP contribution in [0.4, 0.5) is 0 Å². The van der Waals surface area contributed by atoms with Crippen molar-refractivity contribution in [3.05, 3.63) is 0 Å². The predicted octanol–water partition coefficient (Wildman–Crippen LogP) is 9.96. The molecule has 0 N–H and O–H groups in total. The third kappa shape index (κ3) is 34.7. The van der Waals surface area contributed by atoms with Crippen LogP contribution in [0.2, 0.25) is 0 Å². The second-order valence-electron chi connectivity index (χ2n) is 13.6. The largest absolute Gasteiger partial charge is 0.756 e. The molecule has 8 heteroatoms. The van der Waals surface area contributed by atoms with Crippen LogP contribution in [0.1, 0.15) is 167 Å². The van der Waals surface area contributed by atoms with Gasteiger partial charge in [-0.15, -0.1) is 0 Å². The highest BCUT2D eigenvalue weighted by atomic mass is 31.2. The van der Waals surface area contributed by atoms with Gasteiger partial charge < -0.3 is 27.9 Å². The number of hydrogen-bond donors (Lipinski definition) is 0. The van der Waals surface area contributed by atoms with Crippen LogP contribution in [0, 0.1) is 0 Å². The molecule has 0 aromatic rings. The van der Waals surface area contributed by atoms with E-state index in [-0.39, 0.29) is 13.2 Å². The molecular formula is C35H74NO6P. The lowest BCUT2D eigenvalue weighted by Gasteiger charge is -2.24. The first-order valence-corrected chi connectivity index (χ1v) is 19.7. The average Bonchev–Trinajstić information content (AvgIpc) is 2.95. The van der Waals surface area contributed by atoms with E-state index < -0.39 is 14.1 Å². The van der Waals surface area contributed by atoms with Gasteiger partial charge in [0.25, 0.3) is 7.82 Å². The predicted molar refractivity (Wildman–Crippen MR) is 180 cm³/mol. The molecule has 260 valence electrons. The van der Waals surface area contributed by atoms with Crippen molar-refractivity contribution in [2.75, 3.05) is 54.6 Å². The summed E-state index contributed by atoms with van der Waals surface area (Å²) in [6.07, 6.45) is 30.5. The van der Waals surface area contributed by atoms with Gasteiger partial charge in [-0.2, -0.15) is 0 Å². The summed E-state index contributed by atoms with van der Waals surface area (Å²) in [5.74, 6) is 0. The number of unbranched alkanes of at least 4 members (excludes halogenated alkanes) is 22. The quantitative estimate of drug-likeness (QED) is 0.0299. The van der Waals surface area contributed by atoms with Crippen molar-refractivity contribution >= 4 is 7.82 Å². The van der Waals surface area contributed by atoms with Crippen molar-refractivity contribution in [2.45, 2.75) is 174 Å². The summed E-state index contributed by atoms with van der Waals surface area (Å²) in [5, 5.41) is 0. The summed E-state index contributed by atoms with van der Waals surface area (Å²) in [4.78, 5) is 12.0. The molecule has 0 aromatic carbocycles. The van der Waals surface area contributed by atoms with Gasteiger partial charge in [-0.1, -0.05) is 135 Å². The van der Waals surface area contributed by atoms with Crippen molar-refractivity contribution < 1.29 is 32.5 Å². The minimum absolute atomic E-state index is 0.00629. The highest BCUT2D eigenvalue weighted by Gasteiger charge is 2.13. The maximum Gasteiger partial charge on any atom is 0.267 e. The highest BCUT2D eigenvalue weighted by Crippen LogP contribution is 2.38. The Morgan fingerprint density at radius 1 is 0.558 bits per heavy atom. The normalized spacial score (nSPS) is 14.3. The summed E-state index contributed by atoms with van der Waals surface area (Å²) in [6.45, 7) is 4.33. The summed E-state index contributed by atoms with van der Waals surface area (Å²) in [5.41, 5.74) is 0. The van der Waals surface area contributed by atoms with E-state index in [1.807, 2.05) is 0 Å². The van der Waals surface area contributed by atoms with E-state index in [0.717, 1.165) is 36.6 Å². The van der Waals surface area contributed by atoms with E-state index in [1.165, 1.54) is 129 Å². The zero-order valence-corrected chi connectivity index (χ0v) is 30.3. The topological polar surface area (TPSA) is 77.1 Å². The molecule has 0 aliphatic rings. The second-order valence-corrected chi connectivity index (χ2v) is 15.0. The Balaban J connectivity index is 3.52. The van der Waals surface area contributed by atoms with Crippen molar-refractivity contribution in [1.29, 1.82) is 0 Å². The Morgan fingerprint density at radius 2 is 0.930 bits per heavy atom. The van der Waals surface area contributed by atoms with Gasteiger partial charge >= 0.3 is 0 Å². The number of hydrogen-bond acceptors (Lipinski definition) is 6. The molecule has 0 rings (SSSR count). The SMILES string of the molecule is CCCCCCCCCCCCCCCCCCOC(CCOP(=O)([O-])OCCCCCCCCCC[N+](C)(C)C)OC. The molecule has 2 atom stereocenters. The monoisotopic (exact) mass is 636 g/mol. The Morgan fingerprint density at radius 3 is 1.35 bits per heavy atom. The molecule has 43 heavy (non-hydrogen) atoms. The van der Waals surface area contributed by atoms with Gasteiger partial charge in [0.1, 0.15) is 0 Å². The summed E-state index contributed by atoms with van der Waals surface area (Å²) >= 11 is 0. The van der Waals surface area contributed by atoms with Gasteiger partial charge in [0.05, 0.1) is 40.9 Å². The lowest BCUT2D eigenvalue weighted by molar-refractivity contribution is -0.870. The fourth-order valence-electron chi connectivity index (χ4n) is 5.36. The number of nitrogens with zero attached hydrogens (tertiary/aromatic N) is 1. The number of rotatable bonds is 35. The van der Waals surface area contributed by atoms with Crippen molar-refractivity contribution in [1.82, 2.24) is 0 Å². The molecule has 0 aliphatic carbocycles. The van der Waals surface area contributed by atoms with Gasteiger partial charge in [-0.05, 0) is 25.7 Å². The van der Waals surface area contributed by atoms with Crippen molar-refractivity contribution in [3.63, 3.8) is 0 Å². The van der Waals surface area contributed by atoms with E-state index in [1.54, 1.807) is 7.11 Å². The molecule has 0 aliphatic heterocycles. The van der Waals surface area contributed by atoms with Gasteiger partial charge in [0, 0.05) is 20.1 Å². The van der Waals surface area contributed by atoms with Crippen molar-refractivity contribution in [2.24, 2.45) is 0 Å². The zero-order chi connectivity index (χ0) is 31.9. The van der Waals surface area contributed by atoms with E-state index in [0.29, 0.717) is 13.0 Å². The smallest absolute Gasteiger partial charge is 0.267 e. The molecule has 0 radical (unpaired) electrons. The fourth-order valence-corrected chi connectivity index (χ4v) is 6.11. The molecule has 0 amide bonds. The minimum Gasteiger partial charge on any atom is -0.756 e. The first kappa shape index (κ1) is 43.0. The van der Waals surface area contributed by atoms with Gasteiger partial charge in [-0.3, -0.25) is 4.57 Å². The maximum atomic E-state index is 12.0. The van der Waals surface area contributed by atoms with Crippen LogP contribution in [0.25, 0.3) is 0 Å². The molecule has 7 nitrogen and oxygen atoms in total. The number of phosphoric acid groups is 1. The number of phosphoric ester groups is 1. The molecule has 0 aromatic heterocycles. The molecular weight excluding hydrogens is 561 g/mol. The van der Waals surface area contributed by atoms with Crippen LogP contribution in [0.5, 0.6) is 0 Å². The standard InChI is InChI=1S/C35H74NO6P/c1-6-7-8-9-10-11-12-13-14-15-16-17-19-22-25-28-32-40-35(39-5)30-34-42-43(37,38)41-33-29-26-23-20-18-21-24-27-31-36(2,3)4/h35H,6-34H2,1-5H3. The molecule has 0 saturated heterocycles. The maximum absolute atomic E-state index is 12.0. The average molecular weight is 636 g/mol. The van der Waals surface area contributed by atoms with Gasteiger partial charge in [-0.25, -0.2) is 0 Å². The molecule has 0 heterocycles. The first-order chi connectivity index (χ1) is 20.7. The Kier molecular flexibility index (Phi) is 30.6. The van der Waals surface area contributed by atoms with E-state index in [4.69, 9.17) is 18.5 Å². The zero-order valence-electron chi connectivity index (χ0n) is 29.4. The minimum atomic E-state index is -4.27. The Labute approximate surface area is 268 Å². The summed E-state index contributed by atoms with van der Waals surface area (Å²) < 4.78 is 34.2.